The molecular weight excluding hydrogens is 322 g/mol. The summed E-state index contributed by atoms with van der Waals surface area (Å²) in [5, 5.41) is 14.9. The van der Waals surface area contributed by atoms with E-state index in [0.29, 0.717) is 12.2 Å². The standard InChI is InChI=1S/C14H18BrN3O2/c1-4-18-11(14(15)9(2)17-18)7-12(19)10-5-6-16-8-13(10)20-3/h5-6,8,12,19H,4,7H2,1-3H3. The summed E-state index contributed by atoms with van der Waals surface area (Å²) in [7, 11) is 1.57. The van der Waals surface area contributed by atoms with Gasteiger partial charge in [0.05, 0.1) is 35.3 Å². The lowest BCUT2D eigenvalue weighted by atomic mass is 10.1. The van der Waals surface area contributed by atoms with E-state index in [1.807, 2.05) is 18.5 Å². The molecule has 0 aliphatic carbocycles. The first kappa shape index (κ1) is 15.0. The number of pyridine rings is 1. The van der Waals surface area contributed by atoms with E-state index in [1.54, 1.807) is 25.6 Å². The summed E-state index contributed by atoms with van der Waals surface area (Å²) < 4.78 is 8.09. The van der Waals surface area contributed by atoms with Gasteiger partial charge in [0.15, 0.2) is 0 Å². The van der Waals surface area contributed by atoms with E-state index in [0.717, 1.165) is 28.0 Å². The van der Waals surface area contributed by atoms with Crippen LogP contribution in [0.1, 0.15) is 30.0 Å². The third-order valence-corrected chi connectivity index (χ3v) is 4.27. The van der Waals surface area contributed by atoms with Crippen LogP contribution in [-0.4, -0.2) is 27.0 Å². The number of rotatable bonds is 5. The van der Waals surface area contributed by atoms with Crippen molar-refractivity contribution in [2.45, 2.75) is 32.9 Å². The van der Waals surface area contributed by atoms with Gasteiger partial charge in [0, 0.05) is 24.7 Å². The highest BCUT2D eigenvalue weighted by molar-refractivity contribution is 9.10. The molecule has 2 heterocycles. The molecule has 0 amide bonds. The normalized spacial score (nSPS) is 12.4. The molecule has 1 unspecified atom stereocenters. The summed E-state index contributed by atoms with van der Waals surface area (Å²) in [5.74, 6) is 0.593. The molecule has 0 aliphatic rings. The number of aryl methyl sites for hydroxylation is 2. The molecule has 0 saturated heterocycles. The minimum atomic E-state index is -0.661. The van der Waals surface area contributed by atoms with E-state index in [4.69, 9.17) is 4.74 Å². The third kappa shape index (κ3) is 2.86. The third-order valence-electron chi connectivity index (χ3n) is 3.23. The molecule has 0 radical (unpaired) electrons. The van der Waals surface area contributed by atoms with Gasteiger partial charge in [-0.05, 0) is 35.8 Å². The smallest absolute Gasteiger partial charge is 0.142 e. The van der Waals surface area contributed by atoms with Crippen molar-refractivity contribution >= 4 is 15.9 Å². The lowest BCUT2D eigenvalue weighted by molar-refractivity contribution is 0.170. The van der Waals surface area contributed by atoms with E-state index >= 15 is 0 Å². The van der Waals surface area contributed by atoms with Crippen LogP contribution in [0.3, 0.4) is 0 Å². The molecule has 0 saturated carbocycles. The zero-order valence-electron chi connectivity index (χ0n) is 11.8. The molecule has 2 aromatic rings. The van der Waals surface area contributed by atoms with Gasteiger partial charge in [-0.25, -0.2) is 0 Å². The largest absolute Gasteiger partial charge is 0.495 e. The van der Waals surface area contributed by atoms with Gasteiger partial charge in [-0.2, -0.15) is 5.10 Å². The van der Waals surface area contributed by atoms with E-state index in [9.17, 15) is 5.11 Å². The van der Waals surface area contributed by atoms with Crippen LogP contribution in [-0.2, 0) is 13.0 Å². The van der Waals surface area contributed by atoms with Crippen LogP contribution in [0, 0.1) is 6.92 Å². The molecule has 0 aliphatic heterocycles. The Morgan fingerprint density at radius 1 is 1.50 bits per heavy atom. The zero-order chi connectivity index (χ0) is 14.7. The Labute approximate surface area is 126 Å². The fourth-order valence-corrected chi connectivity index (χ4v) is 2.64. The quantitative estimate of drug-likeness (QED) is 0.909. The van der Waals surface area contributed by atoms with Crippen molar-refractivity contribution in [1.82, 2.24) is 14.8 Å². The van der Waals surface area contributed by atoms with Gasteiger partial charge >= 0.3 is 0 Å². The maximum Gasteiger partial charge on any atom is 0.142 e. The fourth-order valence-electron chi connectivity index (χ4n) is 2.19. The van der Waals surface area contributed by atoms with E-state index < -0.39 is 6.10 Å². The van der Waals surface area contributed by atoms with Crippen molar-refractivity contribution in [1.29, 1.82) is 0 Å². The molecule has 6 heteroatoms. The fraction of sp³-hybridized carbons (Fsp3) is 0.429. The van der Waals surface area contributed by atoms with Crippen LogP contribution in [0.15, 0.2) is 22.9 Å². The maximum absolute atomic E-state index is 10.5. The van der Waals surface area contributed by atoms with Gasteiger partial charge < -0.3 is 9.84 Å². The number of ether oxygens (including phenoxy) is 1. The topological polar surface area (TPSA) is 60.2 Å². The molecule has 0 fully saturated rings. The minimum Gasteiger partial charge on any atom is -0.495 e. The molecule has 20 heavy (non-hydrogen) atoms. The van der Waals surface area contributed by atoms with Gasteiger partial charge in [-0.3, -0.25) is 9.67 Å². The highest BCUT2D eigenvalue weighted by atomic mass is 79.9. The summed E-state index contributed by atoms with van der Waals surface area (Å²) in [4.78, 5) is 4.00. The van der Waals surface area contributed by atoms with Crippen molar-refractivity contribution in [3.05, 3.63) is 39.9 Å². The Kier molecular flexibility index (Phi) is 4.77. The number of aromatic nitrogens is 3. The Hall–Kier alpha value is -1.40. The minimum absolute atomic E-state index is 0.468. The summed E-state index contributed by atoms with van der Waals surface area (Å²) in [5.41, 5.74) is 2.64. The number of aliphatic hydroxyl groups is 1. The highest BCUT2D eigenvalue weighted by Gasteiger charge is 2.19. The number of aliphatic hydroxyl groups excluding tert-OH is 1. The summed E-state index contributed by atoms with van der Waals surface area (Å²) in [6.45, 7) is 4.74. The number of methoxy groups -OCH3 is 1. The zero-order valence-corrected chi connectivity index (χ0v) is 13.4. The highest BCUT2D eigenvalue weighted by Crippen LogP contribution is 2.30. The molecule has 1 N–H and O–H groups in total. The van der Waals surface area contributed by atoms with Crippen LogP contribution in [0.25, 0.3) is 0 Å². The molecule has 0 bridgehead atoms. The average Bonchev–Trinajstić information content (AvgIpc) is 2.74. The number of hydrogen-bond donors (Lipinski definition) is 1. The average molecular weight is 340 g/mol. The molecule has 2 aromatic heterocycles. The monoisotopic (exact) mass is 339 g/mol. The summed E-state index contributed by atoms with van der Waals surface area (Å²) in [6, 6.07) is 1.77. The van der Waals surface area contributed by atoms with E-state index in [-0.39, 0.29) is 0 Å². The Bertz CT molecular complexity index is 598. The molecular formula is C14H18BrN3O2. The van der Waals surface area contributed by atoms with Crippen LogP contribution in [0.2, 0.25) is 0 Å². The van der Waals surface area contributed by atoms with Crippen molar-refractivity contribution < 1.29 is 9.84 Å². The van der Waals surface area contributed by atoms with Crippen LogP contribution in [0.4, 0.5) is 0 Å². The van der Waals surface area contributed by atoms with Crippen LogP contribution >= 0.6 is 15.9 Å². The lowest BCUT2D eigenvalue weighted by Gasteiger charge is -2.15. The van der Waals surface area contributed by atoms with Gasteiger partial charge in [0.1, 0.15) is 5.75 Å². The molecule has 5 nitrogen and oxygen atoms in total. The van der Waals surface area contributed by atoms with Gasteiger partial charge in [0.2, 0.25) is 0 Å². The lowest BCUT2D eigenvalue weighted by Crippen LogP contribution is -2.10. The van der Waals surface area contributed by atoms with Crippen LogP contribution in [0.5, 0.6) is 5.75 Å². The van der Waals surface area contributed by atoms with Crippen molar-refractivity contribution in [3.8, 4) is 5.75 Å². The van der Waals surface area contributed by atoms with E-state index in [2.05, 4.69) is 26.0 Å². The van der Waals surface area contributed by atoms with Crippen molar-refractivity contribution in [2.24, 2.45) is 0 Å². The molecule has 1 atom stereocenters. The van der Waals surface area contributed by atoms with Crippen molar-refractivity contribution in [2.75, 3.05) is 7.11 Å². The Balaban J connectivity index is 2.30. The first-order valence-corrected chi connectivity index (χ1v) is 7.25. The Morgan fingerprint density at radius 3 is 2.90 bits per heavy atom. The summed E-state index contributed by atoms with van der Waals surface area (Å²) >= 11 is 3.54. The first-order valence-electron chi connectivity index (χ1n) is 6.46. The Morgan fingerprint density at radius 2 is 2.25 bits per heavy atom. The van der Waals surface area contributed by atoms with Crippen LogP contribution < -0.4 is 4.74 Å². The SMILES string of the molecule is CCn1nc(C)c(Br)c1CC(O)c1ccncc1OC. The number of nitrogens with zero attached hydrogens (tertiary/aromatic N) is 3. The second-order valence-corrected chi connectivity index (χ2v) is 5.29. The maximum atomic E-state index is 10.5. The molecule has 0 spiro atoms. The first-order chi connectivity index (χ1) is 9.58. The second kappa shape index (κ2) is 6.37. The van der Waals surface area contributed by atoms with E-state index in [1.165, 1.54) is 0 Å². The molecule has 2 rings (SSSR count). The number of halogens is 1. The second-order valence-electron chi connectivity index (χ2n) is 4.50. The van der Waals surface area contributed by atoms with Gasteiger partial charge in [-0.15, -0.1) is 0 Å². The predicted molar refractivity (Wildman–Crippen MR) is 79.8 cm³/mol. The predicted octanol–water partition coefficient (Wildman–Crippen LogP) is 2.65. The summed E-state index contributed by atoms with van der Waals surface area (Å²) in [6.07, 6.45) is 3.06. The molecule has 108 valence electrons. The number of hydrogen-bond acceptors (Lipinski definition) is 4. The molecule has 0 aromatic carbocycles. The van der Waals surface area contributed by atoms with Gasteiger partial charge in [0.25, 0.3) is 0 Å². The van der Waals surface area contributed by atoms with Gasteiger partial charge in [-0.1, -0.05) is 0 Å². The van der Waals surface area contributed by atoms with Crippen molar-refractivity contribution in [3.63, 3.8) is 0 Å².